The zero-order chi connectivity index (χ0) is 11.3. The maximum atomic E-state index is 13.3. The fourth-order valence-corrected chi connectivity index (χ4v) is 2.77. The molecule has 2 nitrogen and oxygen atoms in total. The van der Waals surface area contributed by atoms with Crippen LogP contribution in [-0.2, 0) is 10.8 Å². The molecule has 0 amide bonds. The average Bonchev–Trinajstić information content (AvgIpc) is 2.26. The van der Waals surface area contributed by atoms with Crippen LogP contribution in [0.4, 0.5) is 4.39 Å². The Balaban J connectivity index is 2.73. The molecule has 0 saturated carbocycles. The van der Waals surface area contributed by atoms with Gasteiger partial charge in [-0.1, -0.05) is 19.1 Å². The Bertz CT molecular complexity index is 339. The minimum atomic E-state index is -1.26. The van der Waals surface area contributed by atoms with Crippen molar-refractivity contribution in [3.05, 3.63) is 30.1 Å². The van der Waals surface area contributed by atoms with E-state index < -0.39 is 10.8 Å². The molecular weight excluding hydrogens is 213 g/mol. The van der Waals surface area contributed by atoms with Crippen molar-refractivity contribution in [2.24, 2.45) is 0 Å². The standard InChI is InChI=1S/C11H16FNOS/c1-3-9(13-2)8-15(14)11-7-5-4-6-10(11)12/h4-7,9,13H,3,8H2,1-2H3. The molecule has 0 aliphatic heterocycles. The van der Waals surface area contributed by atoms with Crippen LogP contribution in [0.3, 0.4) is 0 Å². The molecule has 0 heterocycles. The van der Waals surface area contributed by atoms with E-state index in [2.05, 4.69) is 5.32 Å². The molecule has 2 atom stereocenters. The zero-order valence-corrected chi connectivity index (χ0v) is 9.81. The van der Waals surface area contributed by atoms with Crippen molar-refractivity contribution in [2.45, 2.75) is 24.3 Å². The van der Waals surface area contributed by atoms with Crippen LogP contribution in [0, 0.1) is 5.82 Å². The van der Waals surface area contributed by atoms with Gasteiger partial charge in [-0.25, -0.2) is 4.39 Å². The molecule has 2 unspecified atom stereocenters. The zero-order valence-electron chi connectivity index (χ0n) is 9.00. The normalized spacial score (nSPS) is 14.9. The first-order valence-electron chi connectivity index (χ1n) is 4.99. The van der Waals surface area contributed by atoms with Crippen LogP contribution in [0.1, 0.15) is 13.3 Å². The summed E-state index contributed by atoms with van der Waals surface area (Å²) in [6.07, 6.45) is 0.886. The number of halogens is 1. The fourth-order valence-electron chi connectivity index (χ4n) is 1.31. The highest BCUT2D eigenvalue weighted by Gasteiger charge is 2.13. The lowest BCUT2D eigenvalue weighted by Gasteiger charge is -2.13. The van der Waals surface area contributed by atoms with Crippen LogP contribution < -0.4 is 5.32 Å². The van der Waals surface area contributed by atoms with Crippen LogP contribution in [0.15, 0.2) is 29.2 Å². The summed E-state index contributed by atoms with van der Waals surface area (Å²) in [5.74, 6) is 0.0651. The highest BCUT2D eigenvalue weighted by Crippen LogP contribution is 2.12. The summed E-state index contributed by atoms with van der Waals surface area (Å²) in [4.78, 5) is 0.297. The third-order valence-electron chi connectivity index (χ3n) is 2.34. The van der Waals surface area contributed by atoms with Gasteiger partial charge >= 0.3 is 0 Å². The average molecular weight is 229 g/mol. The lowest BCUT2D eigenvalue weighted by atomic mass is 10.3. The van der Waals surface area contributed by atoms with E-state index in [1.54, 1.807) is 18.2 Å². The van der Waals surface area contributed by atoms with Gasteiger partial charge in [-0.05, 0) is 25.6 Å². The van der Waals surface area contributed by atoms with Crippen molar-refractivity contribution in [3.8, 4) is 0 Å². The van der Waals surface area contributed by atoms with Crippen LogP contribution in [-0.4, -0.2) is 23.1 Å². The molecule has 15 heavy (non-hydrogen) atoms. The van der Waals surface area contributed by atoms with Crippen molar-refractivity contribution < 1.29 is 8.60 Å². The molecular formula is C11H16FNOS. The van der Waals surface area contributed by atoms with Gasteiger partial charge < -0.3 is 5.32 Å². The Hall–Kier alpha value is -0.740. The van der Waals surface area contributed by atoms with E-state index in [1.807, 2.05) is 14.0 Å². The molecule has 84 valence electrons. The second kappa shape index (κ2) is 5.98. The SMILES string of the molecule is CCC(CS(=O)c1ccccc1F)NC. The Morgan fingerprint density at radius 3 is 2.67 bits per heavy atom. The minimum Gasteiger partial charge on any atom is -0.316 e. The molecule has 0 radical (unpaired) electrons. The number of hydrogen-bond donors (Lipinski definition) is 1. The predicted octanol–water partition coefficient (Wildman–Crippen LogP) is 1.93. The molecule has 1 rings (SSSR count). The monoisotopic (exact) mass is 229 g/mol. The first-order chi connectivity index (χ1) is 7.19. The number of benzene rings is 1. The van der Waals surface area contributed by atoms with Gasteiger partial charge in [-0.2, -0.15) is 0 Å². The summed E-state index contributed by atoms with van der Waals surface area (Å²) in [6.45, 7) is 2.01. The molecule has 1 aromatic carbocycles. The third kappa shape index (κ3) is 3.39. The molecule has 1 N–H and O–H groups in total. The highest BCUT2D eigenvalue weighted by molar-refractivity contribution is 7.85. The molecule has 0 aromatic heterocycles. The van der Waals surface area contributed by atoms with Crippen LogP contribution in [0.25, 0.3) is 0 Å². The third-order valence-corrected chi connectivity index (χ3v) is 3.86. The topological polar surface area (TPSA) is 29.1 Å². The van der Waals surface area contributed by atoms with E-state index in [1.165, 1.54) is 6.07 Å². The predicted molar refractivity (Wildman–Crippen MR) is 60.8 cm³/mol. The van der Waals surface area contributed by atoms with Crippen molar-refractivity contribution in [2.75, 3.05) is 12.8 Å². The van der Waals surface area contributed by atoms with E-state index >= 15 is 0 Å². The summed E-state index contributed by atoms with van der Waals surface area (Å²) in [5, 5.41) is 3.06. The first kappa shape index (κ1) is 12.3. The summed E-state index contributed by atoms with van der Waals surface area (Å²) in [6, 6.07) is 6.40. The van der Waals surface area contributed by atoms with Gasteiger partial charge in [0.05, 0.1) is 15.7 Å². The fraction of sp³-hybridized carbons (Fsp3) is 0.455. The van der Waals surface area contributed by atoms with Crippen LogP contribution >= 0.6 is 0 Å². The quantitative estimate of drug-likeness (QED) is 0.836. The maximum Gasteiger partial charge on any atom is 0.139 e. The molecule has 0 spiro atoms. The number of nitrogens with one attached hydrogen (secondary N) is 1. The van der Waals surface area contributed by atoms with Crippen LogP contribution in [0.2, 0.25) is 0 Å². The molecule has 0 aliphatic carbocycles. The van der Waals surface area contributed by atoms with Crippen molar-refractivity contribution in [1.29, 1.82) is 0 Å². The van der Waals surface area contributed by atoms with Crippen LogP contribution in [0.5, 0.6) is 0 Å². The minimum absolute atomic E-state index is 0.172. The molecule has 0 saturated heterocycles. The largest absolute Gasteiger partial charge is 0.316 e. The summed E-state index contributed by atoms with van der Waals surface area (Å²) >= 11 is 0. The van der Waals surface area contributed by atoms with E-state index in [4.69, 9.17) is 0 Å². The summed E-state index contributed by atoms with van der Waals surface area (Å²) in [7, 11) is 0.564. The summed E-state index contributed by atoms with van der Waals surface area (Å²) < 4.78 is 25.1. The number of hydrogen-bond acceptors (Lipinski definition) is 2. The Labute approximate surface area is 92.3 Å². The molecule has 1 aromatic rings. The van der Waals surface area contributed by atoms with E-state index in [9.17, 15) is 8.60 Å². The van der Waals surface area contributed by atoms with Crippen molar-refractivity contribution >= 4 is 10.8 Å². The maximum absolute atomic E-state index is 13.3. The smallest absolute Gasteiger partial charge is 0.139 e. The molecule has 4 heteroatoms. The number of rotatable bonds is 5. The molecule has 0 bridgehead atoms. The van der Waals surface area contributed by atoms with Gasteiger partial charge in [0.25, 0.3) is 0 Å². The van der Waals surface area contributed by atoms with Gasteiger partial charge in [-0.15, -0.1) is 0 Å². The second-order valence-electron chi connectivity index (χ2n) is 3.34. The van der Waals surface area contributed by atoms with E-state index in [0.717, 1.165) is 6.42 Å². The van der Waals surface area contributed by atoms with Gasteiger partial charge in [-0.3, -0.25) is 4.21 Å². The Morgan fingerprint density at radius 2 is 2.13 bits per heavy atom. The molecule has 0 fully saturated rings. The highest BCUT2D eigenvalue weighted by atomic mass is 32.2. The van der Waals surface area contributed by atoms with Gasteiger partial charge in [0.2, 0.25) is 0 Å². The first-order valence-corrected chi connectivity index (χ1v) is 6.31. The van der Waals surface area contributed by atoms with E-state index in [0.29, 0.717) is 10.6 Å². The lowest BCUT2D eigenvalue weighted by molar-refractivity contribution is 0.578. The van der Waals surface area contributed by atoms with E-state index in [-0.39, 0.29) is 11.9 Å². The Morgan fingerprint density at radius 1 is 1.47 bits per heavy atom. The van der Waals surface area contributed by atoms with Gasteiger partial charge in [0.15, 0.2) is 0 Å². The van der Waals surface area contributed by atoms with Crippen molar-refractivity contribution in [1.82, 2.24) is 5.32 Å². The molecule has 0 aliphatic rings. The van der Waals surface area contributed by atoms with Crippen molar-refractivity contribution in [3.63, 3.8) is 0 Å². The van der Waals surface area contributed by atoms with Gasteiger partial charge in [0, 0.05) is 11.8 Å². The second-order valence-corrected chi connectivity index (χ2v) is 4.80. The lowest BCUT2D eigenvalue weighted by Crippen LogP contribution is -2.30. The Kier molecular flexibility index (Phi) is 4.91. The van der Waals surface area contributed by atoms with Gasteiger partial charge in [0.1, 0.15) is 5.82 Å². The summed E-state index contributed by atoms with van der Waals surface area (Å²) in [5.41, 5.74) is 0.